The van der Waals surface area contributed by atoms with Crippen molar-refractivity contribution in [1.82, 2.24) is 4.90 Å². The van der Waals surface area contributed by atoms with E-state index in [2.05, 4.69) is 13.8 Å². The predicted octanol–water partition coefficient (Wildman–Crippen LogP) is 9.88. The molecule has 0 fully saturated rings. The van der Waals surface area contributed by atoms with Crippen molar-refractivity contribution in [2.45, 2.75) is 142 Å². The standard InChI is InChI=1S/C31H54N2O3/c1-3-5-7-9-11-13-15-17-19-21-26-32(27-22-20-18-16-14-12-10-8-6-4-2)31(34)29-24-23-25-30(28-29)33(35)36/h23-25,28H,3-22,26-27H2,1-2H3. The largest absolute Gasteiger partial charge is 0.339 e. The molecule has 206 valence electrons. The molecule has 1 aromatic rings. The van der Waals surface area contributed by atoms with Gasteiger partial charge in [-0.1, -0.05) is 135 Å². The number of carbonyl (C=O) groups is 1. The number of nitro benzene ring substituents is 1. The highest BCUT2D eigenvalue weighted by Crippen LogP contribution is 2.17. The number of unbranched alkanes of at least 4 members (excludes halogenated alkanes) is 18. The van der Waals surface area contributed by atoms with Gasteiger partial charge in [0.15, 0.2) is 0 Å². The Kier molecular flexibility index (Phi) is 19.9. The molecule has 5 nitrogen and oxygen atoms in total. The van der Waals surface area contributed by atoms with Crippen molar-refractivity contribution in [2.75, 3.05) is 13.1 Å². The average Bonchev–Trinajstić information content (AvgIpc) is 2.89. The number of hydrogen-bond donors (Lipinski definition) is 0. The van der Waals surface area contributed by atoms with E-state index in [1.807, 2.05) is 4.90 Å². The van der Waals surface area contributed by atoms with Crippen molar-refractivity contribution in [1.29, 1.82) is 0 Å². The summed E-state index contributed by atoms with van der Waals surface area (Å²) in [5, 5.41) is 11.2. The van der Waals surface area contributed by atoms with Crippen LogP contribution in [0.5, 0.6) is 0 Å². The summed E-state index contributed by atoms with van der Waals surface area (Å²) in [5.41, 5.74) is 0.419. The van der Waals surface area contributed by atoms with Gasteiger partial charge in [-0.15, -0.1) is 0 Å². The fraction of sp³-hybridized carbons (Fsp3) is 0.774. The van der Waals surface area contributed by atoms with Gasteiger partial charge in [0.05, 0.1) is 4.92 Å². The van der Waals surface area contributed by atoms with Crippen LogP contribution in [-0.4, -0.2) is 28.8 Å². The summed E-state index contributed by atoms with van der Waals surface area (Å²) in [6, 6.07) is 6.20. The second kappa shape index (κ2) is 22.3. The van der Waals surface area contributed by atoms with Gasteiger partial charge in [0.25, 0.3) is 11.6 Å². The molecule has 0 aromatic heterocycles. The number of amides is 1. The molecule has 0 N–H and O–H groups in total. The highest BCUT2D eigenvalue weighted by molar-refractivity contribution is 5.94. The van der Waals surface area contributed by atoms with Crippen molar-refractivity contribution in [2.24, 2.45) is 0 Å². The van der Waals surface area contributed by atoms with Crippen LogP contribution in [0.2, 0.25) is 0 Å². The Hall–Kier alpha value is -1.91. The van der Waals surface area contributed by atoms with Crippen molar-refractivity contribution < 1.29 is 9.72 Å². The number of nitrogens with zero attached hydrogens (tertiary/aromatic N) is 2. The Morgan fingerprint density at radius 2 is 1.06 bits per heavy atom. The van der Waals surface area contributed by atoms with Gasteiger partial charge in [0, 0.05) is 30.8 Å². The van der Waals surface area contributed by atoms with E-state index in [0.717, 1.165) is 38.8 Å². The molecule has 1 rings (SSSR count). The van der Waals surface area contributed by atoms with Crippen molar-refractivity contribution in [3.63, 3.8) is 0 Å². The lowest BCUT2D eigenvalue weighted by molar-refractivity contribution is -0.384. The molecule has 0 atom stereocenters. The van der Waals surface area contributed by atoms with Crippen LogP contribution in [-0.2, 0) is 0 Å². The lowest BCUT2D eigenvalue weighted by Gasteiger charge is -2.23. The molecule has 0 bridgehead atoms. The average molecular weight is 503 g/mol. The Morgan fingerprint density at radius 3 is 1.44 bits per heavy atom. The SMILES string of the molecule is CCCCCCCCCCCCN(CCCCCCCCCCCC)C(=O)c1cccc([N+](=O)[O-])c1. The van der Waals surface area contributed by atoms with Crippen LogP contribution in [0, 0.1) is 10.1 Å². The molecular formula is C31H54N2O3. The normalized spacial score (nSPS) is 11.1. The fourth-order valence-corrected chi connectivity index (χ4v) is 4.83. The maximum Gasteiger partial charge on any atom is 0.270 e. The lowest BCUT2D eigenvalue weighted by atomic mass is 10.1. The Labute approximate surface area is 221 Å². The van der Waals surface area contributed by atoms with E-state index < -0.39 is 4.92 Å². The third-order valence-corrected chi connectivity index (χ3v) is 7.15. The van der Waals surface area contributed by atoms with Crippen molar-refractivity contribution in [3.05, 3.63) is 39.9 Å². The molecule has 0 aliphatic heterocycles. The summed E-state index contributed by atoms with van der Waals surface area (Å²) in [5.74, 6) is -0.0643. The summed E-state index contributed by atoms with van der Waals surface area (Å²) < 4.78 is 0. The lowest BCUT2D eigenvalue weighted by Crippen LogP contribution is -2.33. The molecule has 0 spiro atoms. The molecule has 1 aromatic carbocycles. The fourth-order valence-electron chi connectivity index (χ4n) is 4.83. The Bertz CT molecular complexity index is 668. The Morgan fingerprint density at radius 1 is 0.667 bits per heavy atom. The van der Waals surface area contributed by atoms with E-state index >= 15 is 0 Å². The number of hydrogen-bond acceptors (Lipinski definition) is 3. The minimum Gasteiger partial charge on any atom is -0.339 e. The van der Waals surface area contributed by atoms with E-state index in [1.165, 1.54) is 115 Å². The number of rotatable bonds is 24. The molecule has 36 heavy (non-hydrogen) atoms. The zero-order valence-corrected chi connectivity index (χ0v) is 23.5. The van der Waals surface area contributed by atoms with Crippen LogP contribution in [0.3, 0.4) is 0 Å². The number of nitro groups is 1. The van der Waals surface area contributed by atoms with Gasteiger partial charge >= 0.3 is 0 Å². The van der Waals surface area contributed by atoms with Crippen LogP contribution >= 0.6 is 0 Å². The summed E-state index contributed by atoms with van der Waals surface area (Å²) in [7, 11) is 0. The first-order valence-corrected chi connectivity index (χ1v) is 15.1. The quantitative estimate of drug-likeness (QED) is 0.0802. The number of benzene rings is 1. The minimum absolute atomic E-state index is 0.0151. The molecule has 0 unspecified atom stereocenters. The van der Waals surface area contributed by atoms with Gasteiger partial charge in [0.2, 0.25) is 0 Å². The maximum atomic E-state index is 13.2. The van der Waals surface area contributed by atoms with Gasteiger partial charge in [-0.3, -0.25) is 14.9 Å². The van der Waals surface area contributed by atoms with Gasteiger partial charge in [0.1, 0.15) is 0 Å². The molecule has 5 heteroatoms. The highest BCUT2D eigenvalue weighted by atomic mass is 16.6. The first kappa shape index (κ1) is 32.1. The minimum atomic E-state index is -0.425. The Balaban J connectivity index is 2.40. The van der Waals surface area contributed by atoms with Gasteiger partial charge < -0.3 is 4.90 Å². The van der Waals surface area contributed by atoms with E-state index in [-0.39, 0.29) is 11.6 Å². The zero-order valence-electron chi connectivity index (χ0n) is 23.5. The molecule has 0 aliphatic carbocycles. The zero-order chi connectivity index (χ0) is 26.3. The first-order chi connectivity index (χ1) is 17.6. The van der Waals surface area contributed by atoms with E-state index in [0.29, 0.717) is 5.56 Å². The van der Waals surface area contributed by atoms with E-state index in [9.17, 15) is 14.9 Å². The molecule has 1 amide bonds. The third kappa shape index (κ3) is 16.0. The molecule has 0 radical (unpaired) electrons. The van der Waals surface area contributed by atoms with E-state index in [4.69, 9.17) is 0 Å². The molecule has 0 saturated carbocycles. The molecule has 0 heterocycles. The molecular weight excluding hydrogens is 448 g/mol. The van der Waals surface area contributed by atoms with Gasteiger partial charge in [-0.25, -0.2) is 0 Å². The van der Waals surface area contributed by atoms with E-state index in [1.54, 1.807) is 12.1 Å². The predicted molar refractivity (Wildman–Crippen MR) is 153 cm³/mol. The highest BCUT2D eigenvalue weighted by Gasteiger charge is 2.18. The number of carbonyl (C=O) groups excluding carboxylic acids is 1. The van der Waals surface area contributed by atoms with Crippen LogP contribution < -0.4 is 0 Å². The second-order valence-corrected chi connectivity index (χ2v) is 10.5. The van der Waals surface area contributed by atoms with Gasteiger partial charge in [-0.05, 0) is 18.9 Å². The second-order valence-electron chi connectivity index (χ2n) is 10.5. The van der Waals surface area contributed by atoms with Gasteiger partial charge in [-0.2, -0.15) is 0 Å². The topological polar surface area (TPSA) is 63.5 Å². The number of non-ortho nitro benzene ring substituents is 1. The summed E-state index contributed by atoms with van der Waals surface area (Å²) in [6.45, 7) is 6.00. The van der Waals surface area contributed by atoms with Crippen molar-refractivity contribution in [3.8, 4) is 0 Å². The molecule has 0 saturated heterocycles. The third-order valence-electron chi connectivity index (χ3n) is 7.15. The summed E-state index contributed by atoms with van der Waals surface area (Å²) in [4.78, 5) is 25.9. The van der Waals surface area contributed by atoms with Crippen molar-refractivity contribution >= 4 is 11.6 Å². The van der Waals surface area contributed by atoms with Crippen LogP contribution in [0.4, 0.5) is 5.69 Å². The van der Waals surface area contributed by atoms with Crippen LogP contribution in [0.15, 0.2) is 24.3 Å². The first-order valence-electron chi connectivity index (χ1n) is 15.1. The van der Waals surface area contributed by atoms with Crippen LogP contribution in [0.25, 0.3) is 0 Å². The monoisotopic (exact) mass is 502 g/mol. The smallest absolute Gasteiger partial charge is 0.270 e. The van der Waals surface area contributed by atoms with Crippen LogP contribution in [0.1, 0.15) is 153 Å². The molecule has 0 aliphatic rings. The summed E-state index contributed by atoms with van der Waals surface area (Å²) >= 11 is 0. The maximum absolute atomic E-state index is 13.2. The summed E-state index contributed by atoms with van der Waals surface area (Å²) in [6.07, 6.45) is 25.4.